The highest BCUT2D eigenvalue weighted by molar-refractivity contribution is 5.93. The number of esters is 1. The smallest absolute Gasteiger partial charge is 0.410 e. The first-order valence-electron chi connectivity index (χ1n) is 14.7. The third kappa shape index (κ3) is 6.20. The van der Waals surface area contributed by atoms with Crippen LogP contribution < -0.4 is 9.47 Å². The lowest BCUT2D eigenvalue weighted by atomic mass is 9.82. The quantitative estimate of drug-likeness (QED) is 0.200. The highest BCUT2D eigenvalue weighted by Crippen LogP contribution is 2.45. The molecule has 1 heterocycles. The van der Waals surface area contributed by atoms with Gasteiger partial charge in [-0.25, -0.2) is 14.0 Å². The Hall–Kier alpha value is -4.59. The van der Waals surface area contributed by atoms with Crippen LogP contribution in [0.15, 0.2) is 78.9 Å². The lowest BCUT2D eigenvalue weighted by molar-refractivity contribution is 0.00566. The summed E-state index contributed by atoms with van der Waals surface area (Å²) in [4.78, 5) is 28.0. The molecule has 0 aromatic heterocycles. The maximum absolute atomic E-state index is 14.7. The second kappa shape index (κ2) is 12.6. The lowest BCUT2D eigenvalue weighted by Gasteiger charge is -2.38. The third-order valence-electron chi connectivity index (χ3n) is 7.97. The van der Waals surface area contributed by atoms with Crippen molar-refractivity contribution in [3.05, 3.63) is 107 Å². The van der Waals surface area contributed by atoms with Crippen LogP contribution in [0.3, 0.4) is 0 Å². The van der Waals surface area contributed by atoms with Gasteiger partial charge in [-0.15, -0.1) is 0 Å². The van der Waals surface area contributed by atoms with E-state index in [-0.39, 0.29) is 18.3 Å². The SMILES string of the molecule is COC(=O)c1cccc(C2C[C@H](CN(C(=O)OC(C)(C)C)[C@H](C)c3ccc(F)c4ccccc34)Oc3ccccc32)c1OC. The molecule has 0 spiro atoms. The van der Waals surface area contributed by atoms with Crippen molar-refractivity contribution >= 4 is 22.8 Å². The molecule has 1 unspecified atom stereocenters. The minimum Gasteiger partial charge on any atom is -0.496 e. The van der Waals surface area contributed by atoms with Crippen molar-refractivity contribution in [3.8, 4) is 11.5 Å². The van der Waals surface area contributed by atoms with Crippen LogP contribution >= 0.6 is 0 Å². The van der Waals surface area contributed by atoms with Crippen molar-refractivity contribution in [3.63, 3.8) is 0 Å². The Labute approximate surface area is 257 Å². The summed E-state index contributed by atoms with van der Waals surface area (Å²) in [5.74, 6) is 0.112. The van der Waals surface area contributed by atoms with Gasteiger partial charge in [0.05, 0.1) is 26.8 Å². The average molecular weight is 600 g/mol. The Morgan fingerprint density at radius 3 is 2.32 bits per heavy atom. The number of benzene rings is 4. The molecule has 1 amide bonds. The van der Waals surface area contributed by atoms with Crippen LogP contribution in [0.5, 0.6) is 11.5 Å². The van der Waals surface area contributed by atoms with E-state index < -0.39 is 29.8 Å². The number of nitrogens with zero attached hydrogens (tertiary/aromatic N) is 1. The number of ether oxygens (including phenoxy) is 4. The van der Waals surface area contributed by atoms with E-state index in [1.165, 1.54) is 20.3 Å². The summed E-state index contributed by atoms with van der Waals surface area (Å²) in [6.07, 6.45) is -0.445. The van der Waals surface area contributed by atoms with E-state index in [1.807, 2.05) is 76.2 Å². The number of carbonyl (C=O) groups excluding carboxylic acids is 2. The largest absolute Gasteiger partial charge is 0.496 e. The van der Waals surface area contributed by atoms with Gasteiger partial charge in [-0.2, -0.15) is 0 Å². The van der Waals surface area contributed by atoms with Crippen LogP contribution in [0.1, 0.15) is 73.1 Å². The molecule has 0 saturated heterocycles. The maximum atomic E-state index is 14.7. The Morgan fingerprint density at radius 1 is 0.932 bits per heavy atom. The van der Waals surface area contributed by atoms with E-state index in [0.717, 1.165) is 22.1 Å². The molecule has 3 atom stereocenters. The first-order chi connectivity index (χ1) is 21.0. The first-order valence-corrected chi connectivity index (χ1v) is 14.7. The molecule has 5 rings (SSSR count). The number of rotatable bonds is 7. The van der Waals surface area contributed by atoms with Crippen molar-refractivity contribution in [2.24, 2.45) is 0 Å². The summed E-state index contributed by atoms with van der Waals surface area (Å²) in [5.41, 5.74) is 2.17. The molecule has 7 nitrogen and oxygen atoms in total. The maximum Gasteiger partial charge on any atom is 0.410 e. The lowest BCUT2D eigenvalue weighted by Crippen LogP contribution is -2.45. The van der Waals surface area contributed by atoms with Gasteiger partial charge >= 0.3 is 12.1 Å². The molecule has 0 fully saturated rings. The summed E-state index contributed by atoms with van der Waals surface area (Å²) in [6, 6.07) is 23.1. The van der Waals surface area contributed by atoms with Gasteiger partial charge in [-0.05, 0) is 63.3 Å². The van der Waals surface area contributed by atoms with Crippen LogP contribution in [0.25, 0.3) is 10.8 Å². The third-order valence-corrected chi connectivity index (χ3v) is 7.97. The van der Waals surface area contributed by atoms with Gasteiger partial charge in [0.2, 0.25) is 0 Å². The van der Waals surface area contributed by atoms with Crippen molar-refractivity contribution in [1.29, 1.82) is 0 Å². The van der Waals surface area contributed by atoms with Crippen LogP contribution in [0.2, 0.25) is 0 Å². The first kappa shape index (κ1) is 30.9. The molecule has 0 saturated carbocycles. The van der Waals surface area contributed by atoms with Crippen molar-refractivity contribution in [2.45, 2.75) is 57.8 Å². The standard InChI is InChI=1S/C36H38FNO6/c1-22(24-18-19-31(37)26-13-8-7-12-25(24)26)38(35(40)44-36(2,3)4)21-23-20-30(27-14-9-10-17-32(27)43-23)28-15-11-16-29(33(28)41-5)34(39)42-6/h7-19,22-23,30H,20-21H2,1-6H3/t22-,23-,30?/m1/s1. The molecular formula is C36H38FNO6. The second-order valence-electron chi connectivity index (χ2n) is 12.0. The predicted molar refractivity (Wildman–Crippen MR) is 167 cm³/mol. The van der Waals surface area contributed by atoms with Crippen LogP contribution in [0, 0.1) is 5.82 Å². The summed E-state index contributed by atoms with van der Waals surface area (Å²) >= 11 is 0. The monoisotopic (exact) mass is 599 g/mol. The van der Waals surface area contributed by atoms with E-state index in [1.54, 1.807) is 29.2 Å². The fraction of sp³-hybridized carbons (Fsp3) is 0.333. The fourth-order valence-corrected chi connectivity index (χ4v) is 5.98. The number of carbonyl (C=O) groups is 2. The Balaban J connectivity index is 1.55. The minimum absolute atomic E-state index is 0.200. The zero-order valence-corrected chi connectivity index (χ0v) is 25.9. The van der Waals surface area contributed by atoms with E-state index in [0.29, 0.717) is 28.9 Å². The van der Waals surface area contributed by atoms with Gasteiger partial charge in [-0.1, -0.05) is 60.7 Å². The summed E-state index contributed by atoms with van der Waals surface area (Å²) in [5, 5.41) is 1.21. The molecule has 44 heavy (non-hydrogen) atoms. The minimum atomic E-state index is -0.732. The number of hydrogen-bond donors (Lipinski definition) is 0. The second-order valence-corrected chi connectivity index (χ2v) is 12.0. The zero-order chi connectivity index (χ0) is 31.6. The average Bonchev–Trinajstić information content (AvgIpc) is 3.01. The van der Waals surface area contributed by atoms with Crippen molar-refractivity contribution in [1.82, 2.24) is 4.90 Å². The molecule has 4 aromatic rings. The molecule has 0 aliphatic carbocycles. The molecule has 8 heteroatoms. The molecule has 4 aromatic carbocycles. The number of hydrogen-bond acceptors (Lipinski definition) is 6. The van der Waals surface area contributed by atoms with Crippen molar-refractivity contribution in [2.75, 3.05) is 20.8 Å². The van der Waals surface area contributed by atoms with Gasteiger partial charge in [0.1, 0.15) is 34.6 Å². The van der Waals surface area contributed by atoms with E-state index in [4.69, 9.17) is 18.9 Å². The van der Waals surface area contributed by atoms with E-state index in [9.17, 15) is 14.0 Å². The number of methoxy groups -OCH3 is 2. The molecule has 0 radical (unpaired) electrons. The van der Waals surface area contributed by atoms with Gasteiger partial charge in [-0.3, -0.25) is 4.90 Å². The fourth-order valence-electron chi connectivity index (χ4n) is 5.98. The highest BCUT2D eigenvalue weighted by Gasteiger charge is 2.36. The van der Waals surface area contributed by atoms with E-state index >= 15 is 0 Å². The molecular weight excluding hydrogens is 561 g/mol. The molecule has 1 aliphatic heterocycles. The number of halogens is 1. The molecule has 0 bridgehead atoms. The van der Waals surface area contributed by atoms with Crippen LogP contribution in [-0.2, 0) is 9.47 Å². The molecule has 0 N–H and O–H groups in total. The summed E-state index contributed by atoms with van der Waals surface area (Å²) < 4.78 is 37.9. The van der Waals surface area contributed by atoms with Gasteiger partial charge in [0.25, 0.3) is 0 Å². The zero-order valence-electron chi connectivity index (χ0n) is 25.9. The molecule has 1 aliphatic rings. The Kier molecular flexibility index (Phi) is 8.81. The number of fused-ring (bicyclic) bond motifs is 2. The van der Waals surface area contributed by atoms with Gasteiger partial charge < -0.3 is 18.9 Å². The Bertz CT molecular complexity index is 1680. The number of para-hydroxylation sites is 2. The molecule has 230 valence electrons. The van der Waals surface area contributed by atoms with E-state index in [2.05, 4.69) is 0 Å². The van der Waals surface area contributed by atoms with Crippen molar-refractivity contribution < 1.29 is 32.9 Å². The number of amides is 1. The summed E-state index contributed by atoms with van der Waals surface area (Å²) in [6.45, 7) is 7.59. The predicted octanol–water partition coefficient (Wildman–Crippen LogP) is 8.06. The highest BCUT2D eigenvalue weighted by atomic mass is 19.1. The summed E-state index contributed by atoms with van der Waals surface area (Å²) in [7, 11) is 2.87. The normalized spacial score (nSPS) is 16.8. The van der Waals surface area contributed by atoms with Crippen LogP contribution in [-0.4, -0.2) is 49.4 Å². The van der Waals surface area contributed by atoms with Gasteiger partial charge in [0.15, 0.2) is 0 Å². The topological polar surface area (TPSA) is 74.3 Å². The van der Waals surface area contributed by atoms with Gasteiger partial charge in [0, 0.05) is 22.4 Å². The Morgan fingerprint density at radius 2 is 1.61 bits per heavy atom. The van der Waals surface area contributed by atoms with Crippen LogP contribution in [0.4, 0.5) is 9.18 Å².